The first-order valence-electron chi connectivity index (χ1n) is 6.57. The maximum absolute atomic E-state index is 12.5. The van der Waals surface area contributed by atoms with E-state index < -0.39 is 0 Å². The van der Waals surface area contributed by atoms with Crippen LogP contribution in [0, 0.1) is 0 Å². The summed E-state index contributed by atoms with van der Waals surface area (Å²) in [5.74, 6) is 0.363. The van der Waals surface area contributed by atoms with Gasteiger partial charge in [-0.25, -0.2) is 0 Å². The van der Waals surface area contributed by atoms with E-state index in [0.29, 0.717) is 17.1 Å². The number of carbonyl (C=O) groups excluding carboxylic acids is 1. The van der Waals surface area contributed by atoms with Crippen molar-refractivity contribution < 1.29 is 9.53 Å². The van der Waals surface area contributed by atoms with Gasteiger partial charge in [-0.05, 0) is 18.2 Å². The van der Waals surface area contributed by atoms with Crippen LogP contribution in [0.3, 0.4) is 0 Å². The van der Waals surface area contributed by atoms with E-state index in [1.165, 1.54) is 0 Å². The topological polar surface area (TPSA) is 56.1 Å². The number of aryl methyl sites for hydroxylation is 1. The summed E-state index contributed by atoms with van der Waals surface area (Å²) in [6, 6.07) is 14.9. The van der Waals surface area contributed by atoms with Gasteiger partial charge in [-0.1, -0.05) is 30.3 Å². The van der Waals surface area contributed by atoms with Gasteiger partial charge in [0.1, 0.15) is 5.75 Å². The highest BCUT2D eigenvalue weighted by atomic mass is 16.5. The summed E-state index contributed by atoms with van der Waals surface area (Å²) in [6.45, 7) is 0. The molecule has 0 bridgehead atoms. The van der Waals surface area contributed by atoms with Gasteiger partial charge < -0.3 is 10.1 Å². The first-order chi connectivity index (χ1) is 10.2. The summed E-state index contributed by atoms with van der Waals surface area (Å²) in [5, 5.41) is 7.97. The molecular weight excluding hydrogens is 266 g/mol. The van der Waals surface area contributed by atoms with Crippen LogP contribution in [-0.2, 0) is 7.05 Å². The molecule has 0 aliphatic heterocycles. The second-order valence-corrected chi connectivity index (χ2v) is 4.64. The Bertz CT molecular complexity index is 808. The third-order valence-corrected chi connectivity index (χ3v) is 3.33. The van der Waals surface area contributed by atoms with Crippen molar-refractivity contribution in [2.75, 3.05) is 12.4 Å². The molecule has 0 aliphatic rings. The van der Waals surface area contributed by atoms with Crippen molar-refractivity contribution in [2.45, 2.75) is 0 Å². The molecule has 106 valence electrons. The molecule has 3 rings (SSSR count). The fraction of sp³-hybridized carbons (Fsp3) is 0.125. The Hall–Kier alpha value is -2.82. The fourth-order valence-corrected chi connectivity index (χ4v) is 2.31. The monoisotopic (exact) mass is 281 g/mol. The number of carbonyl (C=O) groups is 1. The predicted octanol–water partition coefficient (Wildman–Crippen LogP) is 2.83. The van der Waals surface area contributed by atoms with Crippen LogP contribution in [0.1, 0.15) is 10.5 Å². The number of methoxy groups -OCH3 is 1. The number of nitrogens with one attached hydrogen (secondary N) is 1. The number of amides is 1. The maximum atomic E-state index is 12.5. The van der Waals surface area contributed by atoms with Gasteiger partial charge in [-0.2, -0.15) is 5.10 Å². The summed E-state index contributed by atoms with van der Waals surface area (Å²) in [4.78, 5) is 12.5. The summed E-state index contributed by atoms with van der Waals surface area (Å²) in [7, 11) is 3.39. The molecular formula is C16H15N3O2. The number of hydrogen-bond donors (Lipinski definition) is 1. The van der Waals surface area contributed by atoms with E-state index in [2.05, 4.69) is 10.4 Å². The van der Waals surface area contributed by atoms with Crippen molar-refractivity contribution in [1.29, 1.82) is 0 Å². The number of para-hydroxylation sites is 3. The molecule has 1 heterocycles. The highest BCUT2D eigenvalue weighted by molar-refractivity contribution is 6.11. The Kier molecular flexibility index (Phi) is 3.31. The normalized spacial score (nSPS) is 10.6. The van der Waals surface area contributed by atoms with Crippen LogP contribution in [0.25, 0.3) is 10.9 Å². The Labute approximate surface area is 122 Å². The van der Waals surface area contributed by atoms with E-state index in [0.717, 1.165) is 10.9 Å². The Morgan fingerprint density at radius 1 is 1.14 bits per heavy atom. The molecule has 5 nitrogen and oxygen atoms in total. The lowest BCUT2D eigenvalue weighted by Gasteiger charge is -2.08. The van der Waals surface area contributed by atoms with Crippen LogP contribution in [0.15, 0.2) is 48.5 Å². The molecule has 1 N–H and O–H groups in total. The molecule has 0 radical (unpaired) electrons. The largest absolute Gasteiger partial charge is 0.495 e. The van der Waals surface area contributed by atoms with Crippen molar-refractivity contribution in [1.82, 2.24) is 9.78 Å². The van der Waals surface area contributed by atoms with Crippen LogP contribution >= 0.6 is 0 Å². The zero-order valence-corrected chi connectivity index (χ0v) is 11.8. The minimum atomic E-state index is -0.253. The van der Waals surface area contributed by atoms with E-state index in [-0.39, 0.29) is 5.91 Å². The fourth-order valence-electron chi connectivity index (χ4n) is 2.31. The molecule has 5 heteroatoms. The number of ether oxygens (including phenoxy) is 1. The molecule has 1 aromatic heterocycles. The average Bonchev–Trinajstić information content (AvgIpc) is 2.86. The van der Waals surface area contributed by atoms with Gasteiger partial charge in [0.15, 0.2) is 5.69 Å². The molecule has 0 aliphatic carbocycles. The van der Waals surface area contributed by atoms with Crippen LogP contribution in [-0.4, -0.2) is 22.8 Å². The van der Waals surface area contributed by atoms with Crippen molar-refractivity contribution in [2.24, 2.45) is 7.05 Å². The smallest absolute Gasteiger partial charge is 0.276 e. The number of anilines is 1. The predicted molar refractivity (Wildman–Crippen MR) is 81.7 cm³/mol. The minimum absolute atomic E-state index is 0.253. The van der Waals surface area contributed by atoms with Crippen molar-refractivity contribution in [3.05, 3.63) is 54.2 Å². The van der Waals surface area contributed by atoms with E-state index in [4.69, 9.17) is 4.74 Å². The Morgan fingerprint density at radius 3 is 2.67 bits per heavy atom. The second-order valence-electron chi connectivity index (χ2n) is 4.64. The summed E-state index contributed by atoms with van der Waals surface area (Å²) in [5.41, 5.74) is 1.95. The van der Waals surface area contributed by atoms with Gasteiger partial charge in [-0.3, -0.25) is 9.48 Å². The van der Waals surface area contributed by atoms with Gasteiger partial charge in [0.25, 0.3) is 5.91 Å². The number of benzene rings is 2. The summed E-state index contributed by atoms with van der Waals surface area (Å²) in [6.07, 6.45) is 0. The number of fused-ring (bicyclic) bond motifs is 1. The van der Waals surface area contributed by atoms with Gasteiger partial charge in [0.05, 0.1) is 18.3 Å². The third kappa shape index (κ3) is 2.33. The highest BCUT2D eigenvalue weighted by Gasteiger charge is 2.16. The van der Waals surface area contributed by atoms with Crippen LogP contribution in [0.2, 0.25) is 0 Å². The van der Waals surface area contributed by atoms with E-state index in [1.807, 2.05) is 43.4 Å². The molecule has 0 atom stereocenters. The first-order valence-corrected chi connectivity index (χ1v) is 6.57. The molecule has 1 amide bonds. The maximum Gasteiger partial charge on any atom is 0.276 e. The van der Waals surface area contributed by atoms with Crippen molar-refractivity contribution >= 4 is 22.5 Å². The van der Waals surface area contributed by atoms with Crippen LogP contribution < -0.4 is 10.1 Å². The number of hydrogen-bond acceptors (Lipinski definition) is 3. The van der Waals surface area contributed by atoms with Gasteiger partial charge in [-0.15, -0.1) is 0 Å². The lowest BCUT2D eigenvalue weighted by atomic mass is 10.2. The average molecular weight is 281 g/mol. The van der Waals surface area contributed by atoms with Crippen LogP contribution in [0.5, 0.6) is 5.75 Å². The van der Waals surface area contributed by atoms with Crippen molar-refractivity contribution in [3.63, 3.8) is 0 Å². The SMILES string of the molecule is COc1ccccc1NC(=O)c1nn(C)c2ccccc12. The zero-order valence-electron chi connectivity index (χ0n) is 11.8. The number of rotatable bonds is 3. The standard InChI is InChI=1S/C16H15N3O2/c1-19-13-9-5-3-7-11(13)15(18-19)16(20)17-12-8-4-6-10-14(12)21-2/h3-10H,1-2H3,(H,17,20). The molecule has 0 saturated heterocycles. The molecule has 0 saturated carbocycles. The van der Waals surface area contributed by atoms with E-state index >= 15 is 0 Å². The quantitative estimate of drug-likeness (QED) is 0.803. The Balaban J connectivity index is 1.98. The lowest BCUT2D eigenvalue weighted by molar-refractivity contribution is 0.102. The lowest BCUT2D eigenvalue weighted by Crippen LogP contribution is -2.14. The minimum Gasteiger partial charge on any atom is -0.495 e. The summed E-state index contributed by atoms with van der Waals surface area (Å²) < 4.78 is 6.94. The molecule has 21 heavy (non-hydrogen) atoms. The molecule has 0 spiro atoms. The highest BCUT2D eigenvalue weighted by Crippen LogP contribution is 2.25. The Morgan fingerprint density at radius 2 is 1.86 bits per heavy atom. The molecule has 3 aromatic rings. The van der Waals surface area contributed by atoms with Gasteiger partial charge in [0, 0.05) is 12.4 Å². The van der Waals surface area contributed by atoms with Crippen molar-refractivity contribution in [3.8, 4) is 5.75 Å². The number of nitrogens with zero attached hydrogens (tertiary/aromatic N) is 2. The third-order valence-electron chi connectivity index (χ3n) is 3.33. The molecule has 0 unspecified atom stereocenters. The van der Waals surface area contributed by atoms with Gasteiger partial charge >= 0.3 is 0 Å². The zero-order chi connectivity index (χ0) is 14.8. The van der Waals surface area contributed by atoms with Crippen LogP contribution in [0.4, 0.5) is 5.69 Å². The second kappa shape index (κ2) is 5.28. The van der Waals surface area contributed by atoms with E-state index in [9.17, 15) is 4.79 Å². The first kappa shape index (κ1) is 13.2. The molecule has 0 fully saturated rings. The molecule has 2 aromatic carbocycles. The van der Waals surface area contributed by atoms with Gasteiger partial charge in [0.2, 0.25) is 0 Å². The van der Waals surface area contributed by atoms with E-state index in [1.54, 1.807) is 23.9 Å². The summed E-state index contributed by atoms with van der Waals surface area (Å²) >= 11 is 0. The number of aromatic nitrogens is 2.